The first-order valence-corrected chi connectivity index (χ1v) is 5.78. The largest absolute Gasteiger partial charge is 0.457 e. The fourth-order valence-electron chi connectivity index (χ4n) is 1.51. The van der Waals surface area contributed by atoms with Crippen LogP contribution in [0.3, 0.4) is 0 Å². The van der Waals surface area contributed by atoms with Crippen LogP contribution in [0.15, 0.2) is 54.6 Å². The molecule has 0 aromatic heterocycles. The van der Waals surface area contributed by atoms with E-state index < -0.39 is 0 Å². The summed E-state index contributed by atoms with van der Waals surface area (Å²) in [5, 5.41) is 11.0. The van der Waals surface area contributed by atoms with E-state index in [4.69, 9.17) is 10.00 Å². The van der Waals surface area contributed by atoms with Crippen LogP contribution in [0.2, 0.25) is 0 Å². The number of carbonyl (C=O) groups is 1. The minimum atomic E-state index is -0.320. The summed E-state index contributed by atoms with van der Waals surface area (Å²) < 4.78 is 5.62. The zero-order valence-corrected chi connectivity index (χ0v) is 10.2. The number of anilines is 1. The Balaban J connectivity index is 1.99. The van der Waals surface area contributed by atoms with E-state index in [1.54, 1.807) is 30.3 Å². The molecule has 0 unspecified atom stereocenters. The topological polar surface area (TPSA) is 62.1 Å². The quantitative estimate of drug-likeness (QED) is 0.907. The fraction of sp³-hybridized carbons (Fsp3) is 0.0667. The molecule has 0 bridgehead atoms. The minimum Gasteiger partial charge on any atom is -0.457 e. The molecule has 1 amide bonds. The highest BCUT2D eigenvalue weighted by Gasteiger charge is 2.01. The van der Waals surface area contributed by atoms with Crippen LogP contribution in [0.25, 0.3) is 0 Å². The van der Waals surface area contributed by atoms with Gasteiger partial charge in [-0.3, -0.25) is 4.79 Å². The number of rotatable bonds is 4. The third kappa shape index (κ3) is 3.86. The minimum absolute atomic E-state index is 0.151. The third-order valence-electron chi connectivity index (χ3n) is 2.36. The monoisotopic (exact) mass is 252 g/mol. The molecular weight excluding hydrogens is 240 g/mol. The molecule has 94 valence electrons. The molecule has 0 radical (unpaired) electrons. The number of para-hydroxylation sites is 1. The van der Waals surface area contributed by atoms with Crippen LogP contribution in [0, 0.1) is 11.3 Å². The first kappa shape index (κ1) is 12.7. The van der Waals surface area contributed by atoms with Gasteiger partial charge in [0.2, 0.25) is 5.91 Å². The molecule has 0 saturated carbocycles. The second-order valence-electron chi connectivity index (χ2n) is 3.82. The summed E-state index contributed by atoms with van der Waals surface area (Å²) in [6, 6.07) is 18.2. The van der Waals surface area contributed by atoms with Crippen LogP contribution in [0.1, 0.15) is 6.42 Å². The lowest BCUT2D eigenvalue weighted by Gasteiger charge is -2.07. The number of hydrogen-bond acceptors (Lipinski definition) is 3. The first-order chi connectivity index (χ1) is 9.28. The summed E-state index contributed by atoms with van der Waals surface area (Å²) in [6.07, 6.45) is -0.151. The molecule has 2 aromatic carbocycles. The van der Waals surface area contributed by atoms with Crippen molar-refractivity contribution < 1.29 is 9.53 Å². The van der Waals surface area contributed by atoms with E-state index in [2.05, 4.69) is 5.32 Å². The molecule has 0 aliphatic carbocycles. The van der Waals surface area contributed by atoms with Gasteiger partial charge in [0.25, 0.3) is 0 Å². The van der Waals surface area contributed by atoms with Crippen molar-refractivity contribution >= 4 is 11.6 Å². The van der Waals surface area contributed by atoms with Gasteiger partial charge in [-0.05, 0) is 36.4 Å². The maximum atomic E-state index is 11.2. The highest BCUT2D eigenvalue weighted by Crippen LogP contribution is 2.22. The average Bonchev–Trinajstić information content (AvgIpc) is 2.42. The van der Waals surface area contributed by atoms with Crippen LogP contribution in [-0.4, -0.2) is 5.91 Å². The molecule has 0 atom stereocenters. The van der Waals surface area contributed by atoms with Gasteiger partial charge in [-0.1, -0.05) is 18.2 Å². The number of carbonyl (C=O) groups excluding carboxylic acids is 1. The van der Waals surface area contributed by atoms with Gasteiger partial charge in [0.05, 0.1) is 6.07 Å². The summed E-state index contributed by atoms with van der Waals surface area (Å²) in [7, 11) is 0. The molecule has 0 aliphatic heterocycles. The lowest BCUT2D eigenvalue weighted by Crippen LogP contribution is -2.09. The van der Waals surface area contributed by atoms with Crippen molar-refractivity contribution in [2.75, 3.05) is 5.32 Å². The van der Waals surface area contributed by atoms with E-state index in [-0.39, 0.29) is 12.3 Å². The summed E-state index contributed by atoms with van der Waals surface area (Å²) >= 11 is 0. The van der Waals surface area contributed by atoms with Crippen molar-refractivity contribution in [3.05, 3.63) is 54.6 Å². The molecule has 0 spiro atoms. The van der Waals surface area contributed by atoms with Crippen molar-refractivity contribution in [2.24, 2.45) is 0 Å². The second kappa shape index (κ2) is 6.22. The van der Waals surface area contributed by atoms with Crippen LogP contribution in [-0.2, 0) is 4.79 Å². The summed E-state index contributed by atoms with van der Waals surface area (Å²) in [5.41, 5.74) is 0.640. The van der Waals surface area contributed by atoms with Gasteiger partial charge in [-0.25, -0.2) is 0 Å². The van der Waals surface area contributed by atoms with Gasteiger partial charge < -0.3 is 10.1 Å². The Morgan fingerprint density at radius 3 is 2.32 bits per heavy atom. The van der Waals surface area contributed by atoms with Crippen LogP contribution in [0.5, 0.6) is 11.5 Å². The molecule has 19 heavy (non-hydrogen) atoms. The first-order valence-electron chi connectivity index (χ1n) is 5.78. The number of ether oxygens (including phenoxy) is 1. The van der Waals surface area contributed by atoms with Crippen molar-refractivity contribution in [1.29, 1.82) is 5.26 Å². The molecular formula is C15H12N2O2. The van der Waals surface area contributed by atoms with E-state index in [1.807, 2.05) is 30.3 Å². The lowest BCUT2D eigenvalue weighted by atomic mass is 10.3. The molecule has 2 aromatic rings. The molecule has 4 nitrogen and oxygen atoms in total. The van der Waals surface area contributed by atoms with Crippen molar-refractivity contribution in [2.45, 2.75) is 6.42 Å². The zero-order valence-electron chi connectivity index (χ0n) is 10.2. The SMILES string of the molecule is N#CCC(=O)Nc1ccc(Oc2ccccc2)cc1. The standard InChI is InChI=1S/C15H12N2O2/c16-11-10-15(18)17-12-6-8-14(9-7-12)19-13-4-2-1-3-5-13/h1-9H,10H2,(H,17,18). The van der Waals surface area contributed by atoms with E-state index in [0.717, 1.165) is 5.75 Å². The van der Waals surface area contributed by atoms with Gasteiger partial charge in [-0.15, -0.1) is 0 Å². The highest BCUT2D eigenvalue weighted by atomic mass is 16.5. The molecule has 0 heterocycles. The summed E-state index contributed by atoms with van der Waals surface area (Å²) in [5.74, 6) is 1.12. The average molecular weight is 252 g/mol. The number of amides is 1. The Labute approximate surface area is 111 Å². The number of nitrogens with one attached hydrogen (secondary N) is 1. The van der Waals surface area contributed by atoms with Crippen molar-refractivity contribution in [3.8, 4) is 17.6 Å². The fourth-order valence-corrected chi connectivity index (χ4v) is 1.51. The van der Waals surface area contributed by atoms with Gasteiger partial charge in [-0.2, -0.15) is 5.26 Å². The van der Waals surface area contributed by atoms with Crippen LogP contribution in [0.4, 0.5) is 5.69 Å². The summed E-state index contributed by atoms with van der Waals surface area (Å²) in [6.45, 7) is 0. The van der Waals surface area contributed by atoms with E-state index in [1.165, 1.54) is 0 Å². The van der Waals surface area contributed by atoms with Crippen molar-refractivity contribution in [1.82, 2.24) is 0 Å². The molecule has 0 saturated heterocycles. The summed E-state index contributed by atoms with van der Waals surface area (Å²) in [4.78, 5) is 11.2. The smallest absolute Gasteiger partial charge is 0.238 e. The predicted octanol–water partition coefficient (Wildman–Crippen LogP) is 3.33. The second-order valence-corrected chi connectivity index (χ2v) is 3.82. The molecule has 4 heteroatoms. The van der Waals surface area contributed by atoms with E-state index in [0.29, 0.717) is 11.4 Å². The Kier molecular flexibility index (Phi) is 4.14. The third-order valence-corrected chi connectivity index (χ3v) is 2.36. The van der Waals surface area contributed by atoms with Gasteiger partial charge in [0, 0.05) is 5.69 Å². The number of nitrogens with zero attached hydrogens (tertiary/aromatic N) is 1. The highest BCUT2D eigenvalue weighted by molar-refractivity contribution is 5.92. The van der Waals surface area contributed by atoms with Gasteiger partial charge >= 0.3 is 0 Å². The Bertz CT molecular complexity index is 586. The number of hydrogen-bond donors (Lipinski definition) is 1. The van der Waals surface area contributed by atoms with E-state index >= 15 is 0 Å². The molecule has 2 rings (SSSR count). The molecule has 0 aliphatic rings. The number of benzene rings is 2. The van der Waals surface area contributed by atoms with Crippen LogP contribution < -0.4 is 10.1 Å². The van der Waals surface area contributed by atoms with Crippen molar-refractivity contribution in [3.63, 3.8) is 0 Å². The normalized spacial score (nSPS) is 9.42. The molecule has 1 N–H and O–H groups in total. The van der Waals surface area contributed by atoms with Gasteiger partial charge in [0.15, 0.2) is 0 Å². The Morgan fingerprint density at radius 1 is 1.05 bits per heavy atom. The zero-order chi connectivity index (χ0) is 13.5. The Hall–Kier alpha value is -2.80. The number of nitriles is 1. The van der Waals surface area contributed by atoms with E-state index in [9.17, 15) is 4.79 Å². The Morgan fingerprint density at radius 2 is 1.68 bits per heavy atom. The van der Waals surface area contributed by atoms with Gasteiger partial charge in [0.1, 0.15) is 17.9 Å². The lowest BCUT2D eigenvalue weighted by molar-refractivity contribution is -0.115. The molecule has 0 fully saturated rings. The maximum absolute atomic E-state index is 11.2. The van der Waals surface area contributed by atoms with Crippen LogP contribution >= 0.6 is 0 Å². The maximum Gasteiger partial charge on any atom is 0.238 e. The predicted molar refractivity (Wildman–Crippen MR) is 71.8 cm³/mol.